The second-order valence-corrected chi connectivity index (χ2v) is 5.91. The topological polar surface area (TPSA) is 109 Å². The number of benzene rings is 2. The van der Waals surface area contributed by atoms with Crippen LogP contribution in [0.15, 0.2) is 54.6 Å². The number of hydrogen-bond donors (Lipinski definition) is 1. The molecule has 0 saturated heterocycles. The summed E-state index contributed by atoms with van der Waals surface area (Å²) < 4.78 is 15.7. The molecule has 0 saturated carbocycles. The molecule has 28 heavy (non-hydrogen) atoms. The van der Waals surface area contributed by atoms with Gasteiger partial charge >= 0.3 is 5.97 Å². The monoisotopic (exact) mass is 380 g/mol. The van der Waals surface area contributed by atoms with Crippen LogP contribution in [-0.2, 0) is 20.9 Å². The predicted octanol–water partition coefficient (Wildman–Crippen LogP) is 2.94. The molecule has 2 aromatic carbocycles. The van der Waals surface area contributed by atoms with Gasteiger partial charge in [0, 0.05) is 5.71 Å². The number of carbonyl (C=O) groups is 2. The van der Waals surface area contributed by atoms with Gasteiger partial charge in [0.15, 0.2) is 19.0 Å². The number of ketones is 1. The van der Waals surface area contributed by atoms with Crippen LogP contribution in [0.25, 0.3) is 0 Å². The van der Waals surface area contributed by atoms with Gasteiger partial charge in [-0.05, 0) is 36.8 Å². The third-order valence-corrected chi connectivity index (χ3v) is 3.69. The molecule has 0 radical (unpaired) electrons. The lowest BCUT2D eigenvalue weighted by Crippen LogP contribution is -2.27. The van der Waals surface area contributed by atoms with E-state index in [2.05, 4.69) is 0 Å². The maximum absolute atomic E-state index is 11.7. The van der Waals surface area contributed by atoms with Crippen molar-refractivity contribution in [1.29, 1.82) is 10.7 Å². The minimum Gasteiger partial charge on any atom is -0.489 e. The Bertz CT molecular complexity index is 857. The molecule has 0 fully saturated rings. The standard InChI is InChI=1S/C21H20N2O5/c1-15(23)19(11-22)20(24)13-28-21(25)14-27-18-9-7-17(8-10-18)26-12-16-5-3-2-4-6-16/h2-10,19,23H,12-14H2,1H3. The second kappa shape index (κ2) is 10.5. The van der Waals surface area contributed by atoms with E-state index in [1.165, 1.54) is 6.92 Å². The molecule has 2 rings (SSSR count). The van der Waals surface area contributed by atoms with Crippen molar-refractivity contribution in [2.45, 2.75) is 13.5 Å². The summed E-state index contributed by atoms with van der Waals surface area (Å²) in [5.41, 5.74) is 0.964. The van der Waals surface area contributed by atoms with Gasteiger partial charge in [-0.15, -0.1) is 0 Å². The zero-order chi connectivity index (χ0) is 20.4. The number of nitrogens with zero attached hydrogens (tertiary/aromatic N) is 1. The van der Waals surface area contributed by atoms with Crippen LogP contribution in [0.5, 0.6) is 11.5 Å². The lowest BCUT2D eigenvalue weighted by molar-refractivity contribution is -0.150. The Labute approximate surface area is 163 Å². The fraction of sp³-hybridized carbons (Fsp3) is 0.238. The number of esters is 1. The first-order valence-corrected chi connectivity index (χ1v) is 8.52. The normalized spacial score (nSPS) is 11.0. The first-order valence-electron chi connectivity index (χ1n) is 8.52. The molecular weight excluding hydrogens is 360 g/mol. The fourth-order valence-electron chi connectivity index (χ4n) is 2.20. The van der Waals surface area contributed by atoms with Crippen molar-refractivity contribution in [1.82, 2.24) is 0 Å². The van der Waals surface area contributed by atoms with Crippen molar-refractivity contribution in [2.24, 2.45) is 5.92 Å². The molecule has 0 bridgehead atoms. The minimum absolute atomic E-state index is 0.0885. The molecule has 0 aliphatic heterocycles. The quantitative estimate of drug-likeness (QED) is 0.501. The van der Waals surface area contributed by atoms with Crippen molar-refractivity contribution in [3.63, 3.8) is 0 Å². The molecule has 1 unspecified atom stereocenters. The summed E-state index contributed by atoms with van der Waals surface area (Å²) in [7, 11) is 0. The highest BCUT2D eigenvalue weighted by molar-refractivity contribution is 6.06. The van der Waals surface area contributed by atoms with Gasteiger partial charge in [-0.3, -0.25) is 4.79 Å². The summed E-state index contributed by atoms with van der Waals surface area (Å²) in [5, 5.41) is 16.2. The molecule has 7 heteroatoms. The van der Waals surface area contributed by atoms with Gasteiger partial charge in [0.05, 0.1) is 6.07 Å². The third kappa shape index (κ3) is 6.57. The lowest BCUT2D eigenvalue weighted by Gasteiger charge is -2.10. The number of carbonyl (C=O) groups excluding carboxylic acids is 2. The molecule has 2 aromatic rings. The molecule has 1 N–H and O–H groups in total. The third-order valence-electron chi connectivity index (χ3n) is 3.69. The number of Topliss-reactive ketones (excluding diaryl/α,β-unsaturated/α-hetero) is 1. The highest BCUT2D eigenvalue weighted by atomic mass is 16.6. The van der Waals surface area contributed by atoms with E-state index in [0.29, 0.717) is 18.1 Å². The molecule has 144 valence electrons. The number of nitriles is 1. The average Bonchev–Trinajstić information content (AvgIpc) is 2.71. The minimum atomic E-state index is -1.20. The van der Waals surface area contributed by atoms with Gasteiger partial charge in [-0.2, -0.15) is 5.26 Å². The van der Waals surface area contributed by atoms with Crippen molar-refractivity contribution in [3.05, 3.63) is 60.2 Å². The van der Waals surface area contributed by atoms with E-state index in [4.69, 9.17) is 24.9 Å². The van der Waals surface area contributed by atoms with E-state index in [0.717, 1.165) is 5.56 Å². The van der Waals surface area contributed by atoms with Crippen LogP contribution >= 0.6 is 0 Å². The maximum atomic E-state index is 11.7. The molecule has 0 spiro atoms. The predicted molar refractivity (Wildman–Crippen MR) is 101 cm³/mol. The van der Waals surface area contributed by atoms with Crippen LogP contribution in [0.1, 0.15) is 12.5 Å². The Kier molecular flexibility index (Phi) is 7.73. The largest absolute Gasteiger partial charge is 0.489 e. The second-order valence-electron chi connectivity index (χ2n) is 5.91. The lowest BCUT2D eigenvalue weighted by atomic mass is 10.0. The number of hydrogen-bond acceptors (Lipinski definition) is 7. The number of rotatable bonds is 10. The first kappa shape index (κ1) is 20.6. The molecule has 7 nitrogen and oxygen atoms in total. The van der Waals surface area contributed by atoms with Crippen LogP contribution in [0.4, 0.5) is 0 Å². The van der Waals surface area contributed by atoms with E-state index in [-0.39, 0.29) is 12.3 Å². The van der Waals surface area contributed by atoms with Gasteiger partial charge in [0.25, 0.3) is 0 Å². The molecule has 0 heterocycles. The van der Waals surface area contributed by atoms with Gasteiger partial charge < -0.3 is 19.6 Å². The van der Waals surface area contributed by atoms with Gasteiger partial charge in [-0.25, -0.2) is 4.79 Å². The highest BCUT2D eigenvalue weighted by Gasteiger charge is 2.21. The zero-order valence-corrected chi connectivity index (χ0v) is 15.4. The van der Waals surface area contributed by atoms with E-state index >= 15 is 0 Å². The summed E-state index contributed by atoms with van der Waals surface area (Å²) in [4.78, 5) is 23.4. The van der Waals surface area contributed by atoms with E-state index in [9.17, 15) is 9.59 Å². The number of ether oxygens (including phenoxy) is 3. The van der Waals surface area contributed by atoms with Crippen molar-refractivity contribution < 1.29 is 23.8 Å². The SMILES string of the molecule is CC(=N)C(C#N)C(=O)COC(=O)COc1ccc(OCc2ccccc2)cc1. The van der Waals surface area contributed by atoms with E-state index in [1.807, 2.05) is 30.3 Å². The summed E-state index contributed by atoms with van der Waals surface area (Å²) in [6.07, 6.45) is 0. The zero-order valence-electron chi connectivity index (χ0n) is 15.4. The van der Waals surface area contributed by atoms with Crippen LogP contribution in [0.2, 0.25) is 0 Å². The van der Waals surface area contributed by atoms with Crippen LogP contribution in [0, 0.1) is 22.7 Å². The summed E-state index contributed by atoms with van der Waals surface area (Å²) >= 11 is 0. The number of nitrogens with one attached hydrogen (secondary N) is 1. The molecule has 0 aromatic heterocycles. The van der Waals surface area contributed by atoms with Crippen LogP contribution in [0.3, 0.4) is 0 Å². The van der Waals surface area contributed by atoms with Crippen LogP contribution in [-0.4, -0.2) is 30.7 Å². The molecule has 1 atom stereocenters. The van der Waals surface area contributed by atoms with Gasteiger partial charge in [0.1, 0.15) is 24.0 Å². The Morgan fingerprint density at radius 1 is 1.00 bits per heavy atom. The maximum Gasteiger partial charge on any atom is 0.344 e. The highest BCUT2D eigenvalue weighted by Crippen LogP contribution is 2.18. The summed E-state index contributed by atoms with van der Waals surface area (Å²) in [6.45, 7) is 0.853. The Balaban J connectivity index is 1.73. The van der Waals surface area contributed by atoms with E-state index < -0.39 is 24.3 Å². The Hall–Kier alpha value is -3.66. The Morgan fingerprint density at radius 2 is 1.61 bits per heavy atom. The molecular formula is C21H20N2O5. The van der Waals surface area contributed by atoms with Crippen LogP contribution < -0.4 is 9.47 Å². The van der Waals surface area contributed by atoms with Crippen molar-refractivity contribution in [3.8, 4) is 17.6 Å². The molecule has 0 aliphatic carbocycles. The van der Waals surface area contributed by atoms with E-state index in [1.54, 1.807) is 30.3 Å². The van der Waals surface area contributed by atoms with Crippen molar-refractivity contribution >= 4 is 17.5 Å². The molecule has 0 aliphatic rings. The summed E-state index contributed by atoms with van der Waals surface area (Å²) in [5.74, 6) is -1.47. The first-order chi connectivity index (χ1) is 13.5. The Morgan fingerprint density at radius 3 is 2.18 bits per heavy atom. The average molecular weight is 380 g/mol. The fourth-order valence-corrected chi connectivity index (χ4v) is 2.20. The van der Waals surface area contributed by atoms with Crippen molar-refractivity contribution in [2.75, 3.05) is 13.2 Å². The van der Waals surface area contributed by atoms with Gasteiger partial charge in [-0.1, -0.05) is 30.3 Å². The summed E-state index contributed by atoms with van der Waals surface area (Å²) in [6, 6.07) is 18.2. The van der Waals surface area contributed by atoms with Gasteiger partial charge in [0.2, 0.25) is 0 Å². The molecule has 0 amide bonds. The smallest absolute Gasteiger partial charge is 0.344 e.